The summed E-state index contributed by atoms with van der Waals surface area (Å²) in [5, 5.41) is 12.4. The lowest BCUT2D eigenvalue weighted by Crippen LogP contribution is -2.22. The molecule has 0 aliphatic heterocycles. The molecular formula is C16H17NO3. The van der Waals surface area contributed by atoms with Gasteiger partial charge >= 0.3 is 0 Å². The van der Waals surface area contributed by atoms with Gasteiger partial charge in [0.2, 0.25) is 0 Å². The summed E-state index contributed by atoms with van der Waals surface area (Å²) < 4.78 is 5.25. The monoisotopic (exact) mass is 271 g/mol. The summed E-state index contributed by atoms with van der Waals surface area (Å²) in [5.41, 5.74) is 2.08. The predicted octanol–water partition coefficient (Wildman–Crippen LogP) is 3.03. The van der Waals surface area contributed by atoms with E-state index in [1.165, 1.54) is 13.2 Å². The molecule has 1 unspecified atom stereocenters. The molecule has 2 aromatic carbocycles. The highest BCUT2D eigenvalue weighted by atomic mass is 16.5. The fourth-order valence-electron chi connectivity index (χ4n) is 1.92. The Bertz CT molecular complexity index is 596. The van der Waals surface area contributed by atoms with Crippen molar-refractivity contribution in [3.05, 3.63) is 59.7 Å². The second-order valence-electron chi connectivity index (χ2n) is 4.52. The van der Waals surface area contributed by atoms with E-state index in [9.17, 15) is 9.90 Å². The Morgan fingerprint density at radius 3 is 2.50 bits per heavy atom. The Morgan fingerprint density at radius 2 is 1.90 bits per heavy atom. The molecule has 0 saturated carbocycles. The highest BCUT2D eigenvalue weighted by Gasteiger charge is 2.19. The van der Waals surface area contributed by atoms with Gasteiger partial charge in [-0.15, -0.1) is 0 Å². The lowest BCUT2D eigenvalue weighted by Gasteiger charge is -2.16. The van der Waals surface area contributed by atoms with Crippen LogP contribution in [0, 0.1) is 6.92 Å². The van der Waals surface area contributed by atoms with E-state index in [2.05, 4.69) is 5.32 Å². The van der Waals surface area contributed by atoms with Crippen molar-refractivity contribution >= 4 is 11.6 Å². The molecule has 0 heterocycles. The number of phenolic OH excluding ortho intramolecular Hbond substituents is 1. The number of benzene rings is 2. The van der Waals surface area contributed by atoms with Crippen LogP contribution in [0.4, 0.5) is 5.69 Å². The van der Waals surface area contributed by atoms with Crippen LogP contribution < -0.4 is 5.32 Å². The number of aromatic hydroxyl groups is 1. The van der Waals surface area contributed by atoms with Gasteiger partial charge in [0, 0.05) is 18.9 Å². The summed E-state index contributed by atoms with van der Waals surface area (Å²) in [5.74, 6) is -0.126. The molecule has 0 radical (unpaired) electrons. The fraction of sp³-hybridized carbons (Fsp3) is 0.188. The molecule has 2 aromatic rings. The topological polar surface area (TPSA) is 58.6 Å². The molecular weight excluding hydrogens is 254 g/mol. The van der Waals surface area contributed by atoms with Crippen molar-refractivity contribution in [3.8, 4) is 5.75 Å². The van der Waals surface area contributed by atoms with Gasteiger partial charge in [-0.1, -0.05) is 36.4 Å². The molecule has 0 saturated heterocycles. The van der Waals surface area contributed by atoms with Gasteiger partial charge in [0.1, 0.15) is 5.75 Å². The number of hydrogen-bond acceptors (Lipinski definition) is 3. The molecule has 0 fully saturated rings. The van der Waals surface area contributed by atoms with Gasteiger partial charge in [-0.05, 0) is 24.1 Å². The van der Waals surface area contributed by atoms with Crippen LogP contribution in [0.15, 0.2) is 48.5 Å². The summed E-state index contributed by atoms with van der Waals surface area (Å²) in [6, 6.07) is 14.3. The summed E-state index contributed by atoms with van der Waals surface area (Å²) in [6.07, 6.45) is -0.681. The Balaban J connectivity index is 2.15. The van der Waals surface area contributed by atoms with Crippen LogP contribution in [0.2, 0.25) is 0 Å². The predicted molar refractivity (Wildman–Crippen MR) is 77.7 cm³/mol. The number of rotatable bonds is 4. The lowest BCUT2D eigenvalue weighted by atomic mass is 10.1. The number of carbonyl (C=O) groups is 1. The van der Waals surface area contributed by atoms with Crippen LogP contribution in [0.25, 0.3) is 0 Å². The maximum atomic E-state index is 12.2. The van der Waals surface area contributed by atoms with Gasteiger partial charge < -0.3 is 15.2 Å². The number of methoxy groups -OCH3 is 1. The molecule has 1 amide bonds. The van der Waals surface area contributed by atoms with Gasteiger partial charge in [0.05, 0.1) is 0 Å². The lowest BCUT2D eigenvalue weighted by molar-refractivity contribution is -0.126. The minimum Gasteiger partial charge on any atom is -0.508 e. The standard InChI is InChI=1S/C16H17NO3/c1-11-8-9-13(10-14(11)18)17-16(19)15(20-2)12-6-4-3-5-7-12/h3-10,15,18H,1-2H3,(H,17,19). The van der Waals surface area contributed by atoms with Crippen LogP contribution in [-0.4, -0.2) is 18.1 Å². The van der Waals surface area contributed by atoms with Crippen LogP contribution in [0.3, 0.4) is 0 Å². The van der Waals surface area contributed by atoms with Crippen molar-refractivity contribution in [2.75, 3.05) is 12.4 Å². The number of aryl methyl sites for hydroxylation is 1. The van der Waals surface area contributed by atoms with Gasteiger partial charge in [-0.2, -0.15) is 0 Å². The zero-order chi connectivity index (χ0) is 14.5. The molecule has 0 aliphatic carbocycles. The van der Waals surface area contributed by atoms with E-state index in [0.717, 1.165) is 11.1 Å². The van der Waals surface area contributed by atoms with Crippen molar-refractivity contribution < 1.29 is 14.6 Å². The van der Waals surface area contributed by atoms with Gasteiger partial charge in [0.25, 0.3) is 5.91 Å². The quantitative estimate of drug-likeness (QED) is 0.898. The first kappa shape index (κ1) is 14.1. The Morgan fingerprint density at radius 1 is 1.20 bits per heavy atom. The molecule has 4 heteroatoms. The molecule has 2 rings (SSSR count). The van der Waals surface area contributed by atoms with Gasteiger partial charge in [-0.3, -0.25) is 4.79 Å². The summed E-state index contributed by atoms with van der Waals surface area (Å²) >= 11 is 0. The van der Waals surface area contributed by atoms with Crippen LogP contribution in [0.1, 0.15) is 17.2 Å². The van der Waals surface area contributed by atoms with Crippen LogP contribution in [-0.2, 0) is 9.53 Å². The van der Waals surface area contributed by atoms with Crippen LogP contribution >= 0.6 is 0 Å². The molecule has 20 heavy (non-hydrogen) atoms. The molecule has 0 aromatic heterocycles. The van der Waals surface area contributed by atoms with E-state index in [1.807, 2.05) is 30.3 Å². The minimum absolute atomic E-state index is 0.150. The number of carbonyl (C=O) groups excluding carboxylic acids is 1. The first-order valence-corrected chi connectivity index (χ1v) is 6.30. The van der Waals surface area contributed by atoms with E-state index < -0.39 is 6.10 Å². The average molecular weight is 271 g/mol. The number of anilines is 1. The Hall–Kier alpha value is -2.33. The first-order chi connectivity index (χ1) is 9.61. The maximum Gasteiger partial charge on any atom is 0.258 e. The number of phenols is 1. The molecule has 0 bridgehead atoms. The maximum absolute atomic E-state index is 12.2. The van der Waals surface area contributed by atoms with Crippen molar-refractivity contribution in [2.24, 2.45) is 0 Å². The second-order valence-corrected chi connectivity index (χ2v) is 4.52. The fourth-order valence-corrected chi connectivity index (χ4v) is 1.92. The van der Waals surface area contributed by atoms with Gasteiger partial charge in [-0.25, -0.2) is 0 Å². The third-order valence-electron chi connectivity index (χ3n) is 3.05. The molecule has 0 spiro atoms. The third kappa shape index (κ3) is 3.16. The van der Waals surface area contributed by atoms with E-state index in [1.54, 1.807) is 19.1 Å². The molecule has 4 nitrogen and oxygen atoms in total. The smallest absolute Gasteiger partial charge is 0.258 e. The zero-order valence-electron chi connectivity index (χ0n) is 11.5. The molecule has 104 valence electrons. The molecule has 2 N–H and O–H groups in total. The highest BCUT2D eigenvalue weighted by Crippen LogP contribution is 2.23. The number of nitrogens with one attached hydrogen (secondary N) is 1. The Labute approximate surface area is 118 Å². The summed E-state index contributed by atoms with van der Waals surface area (Å²) in [7, 11) is 1.49. The minimum atomic E-state index is -0.681. The van der Waals surface area contributed by atoms with E-state index in [0.29, 0.717) is 5.69 Å². The van der Waals surface area contributed by atoms with Crippen molar-refractivity contribution in [1.82, 2.24) is 0 Å². The second kappa shape index (κ2) is 6.21. The highest BCUT2D eigenvalue weighted by molar-refractivity contribution is 5.95. The van der Waals surface area contributed by atoms with E-state index >= 15 is 0 Å². The van der Waals surface area contributed by atoms with Crippen molar-refractivity contribution in [1.29, 1.82) is 0 Å². The average Bonchev–Trinajstić information content (AvgIpc) is 2.45. The van der Waals surface area contributed by atoms with Crippen molar-refractivity contribution in [2.45, 2.75) is 13.0 Å². The van der Waals surface area contributed by atoms with Crippen LogP contribution in [0.5, 0.6) is 5.75 Å². The number of amides is 1. The van der Waals surface area contributed by atoms with Crippen molar-refractivity contribution in [3.63, 3.8) is 0 Å². The first-order valence-electron chi connectivity index (χ1n) is 6.30. The normalized spacial score (nSPS) is 11.9. The third-order valence-corrected chi connectivity index (χ3v) is 3.05. The zero-order valence-corrected chi connectivity index (χ0v) is 11.5. The largest absolute Gasteiger partial charge is 0.508 e. The molecule has 0 aliphatic rings. The van der Waals surface area contributed by atoms with E-state index in [-0.39, 0.29) is 11.7 Å². The SMILES string of the molecule is COC(C(=O)Nc1ccc(C)c(O)c1)c1ccccc1. The summed E-state index contributed by atoms with van der Waals surface area (Å²) in [4.78, 5) is 12.2. The number of ether oxygens (including phenoxy) is 1. The van der Waals surface area contributed by atoms with Gasteiger partial charge in [0.15, 0.2) is 6.10 Å². The Kier molecular flexibility index (Phi) is 4.38. The van der Waals surface area contributed by atoms with E-state index in [4.69, 9.17) is 4.74 Å². The summed E-state index contributed by atoms with van der Waals surface area (Å²) in [6.45, 7) is 1.79. The number of hydrogen-bond donors (Lipinski definition) is 2. The molecule has 1 atom stereocenters.